The van der Waals surface area contributed by atoms with Crippen LogP contribution in [0.4, 0.5) is 4.39 Å². The minimum absolute atomic E-state index is 0.129. The van der Waals surface area contributed by atoms with E-state index in [9.17, 15) is 4.39 Å². The zero-order valence-electron chi connectivity index (χ0n) is 9.83. The Labute approximate surface area is 123 Å². The molecule has 0 amide bonds. The third-order valence-electron chi connectivity index (χ3n) is 2.67. The summed E-state index contributed by atoms with van der Waals surface area (Å²) in [6.45, 7) is 2.01. The number of pyridine rings is 1. The van der Waals surface area contributed by atoms with Gasteiger partial charge in [-0.2, -0.15) is 0 Å². The quantitative estimate of drug-likeness (QED) is 0.693. The Morgan fingerprint density at radius 3 is 2.67 bits per heavy atom. The highest BCUT2D eigenvalue weighted by atomic mass is 79.9. The first kappa shape index (κ1) is 13.7. The summed E-state index contributed by atoms with van der Waals surface area (Å²) in [5, 5.41) is 0. The molecule has 0 fully saturated rings. The summed E-state index contributed by atoms with van der Waals surface area (Å²) in [5.74, 6) is -0.244. The largest absolute Gasteiger partial charge is 0.261 e. The van der Waals surface area contributed by atoms with Crippen molar-refractivity contribution in [3.8, 4) is 0 Å². The molecule has 1 aromatic heterocycles. The highest BCUT2D eigenvalue weighted by Gasteiger charge is 2.11. The van der Waals surface area contributed by atoms with Crippen molar-refractivity contribution >= 4 is 31.9 Å². The van der Waals surface area contributed by atoms with Gasteiger partial charge in [-0.1, -0.05) is 28.1 Å². The van der Waals surface area contributed by atoms with Crippen LogP contribution in [0.2, 0.25) is 0 Å². The second-order valence-corrected chi connectivity index (χ2v) is 6.13. The van der Waals surface area contributed by atoms with Crippen molar-refractivity contribution in [2.45, 2.75) is 18.2 Å². The average Bonchev–Trinajstić information content (AvgIpc) is 2.35. The summed E-state index contributed by atoms with van der Waals surface area (Å²) in [5.41, 5.74) is 3.20. The van der Waals surface area contributed by atoms with E-state index >= 15 is 0 Å². The van der Waals surface area contributed by atoms with E-state index in [1.165, 1.54) is 6.07 Å². The van der Waals surface area contributed by atoms with E-state index in [1.807, 2.05) is 25.3 Å². The van der Waals surface area contributed by atoms with Gasteiger partial charge in [0.05, 0.1) is 4.47 Å². The highest BCUT2D eigenvalue weighted by molar-refractivity contribution is 9.10. The molecule has 0 aliphatic carbocycles. The van der Waals surface area contributed by atoms with Crippen molar-refractivity contribution in [2.24, 2.45) is 0 Å². The third kappa shape index (κ3) is 3.39. The average molecular weight is 373 g/mol. The van der Waals surface area contributed by atoms with Gasteiger partial charge in [0.2, 0.25) is 0 Å². The molecule has 4 heteroatoms. The van der Waals surface area contributed by atoms with E-state index in [4.69, 9.17) is 0 Å². The molecule has 0 N–H and O–H groups in total. The number of aromatic nitrogens is 1. The number of rotatable bonds is 3. The molecular formula is C14H12Br2FN. The predicted molar refractivity (Wildman–Crippen MR) is 78.4 cm³/mol. The zero-order chi connectivity index (χ0) is 13.1. The maximum absolute atomic E-state index is 13.2. The molecule has 0 aliphatic heterocycles. The molecule has 0 saturated carbocycles. The van der Waals surface area contributed by atoms with Gasteiger partial charge in [-0.15, -0.1) is 0 Å². The molecule has 94 valence electrons. The van der Waals surface area contributed by atoms with Gasteiger partial charge in [-0.05, 0) is 52.2 Å². The Morgan fingerprint density at radius 1 is 1.28 bits per heavy atom. The number of aryl methyl sites for hydroxylation is 1. The molecule has 1 atom stereocenters. The zero-order valence-corrected chi connectivity index (χ0v) is 13.0. The first-order chi connectivity index (χ1) is 8.56. The maximum atomic E-state index is 13.2. The van der Waals surface area contributed by atoms with E-state index in [0.29, 0.717) is 4.47 Å². The molecule has 1 heterocycles. The smallest absolute Gasteiger partial charge is 0.137 e. The molecule has 0 bridgehead atoms. The van der Waals surface area contributed by atoms with Crippen LogP contribution in [0.3, 0.4) is 0 Å². The highest BCUT2D eigenvalue weighted by Crippen LogP contribution is 2.29. The second kappa shape index (κ2) is 5.93. The number of hydrogen-bond donors (Lipinski definition) is 0. The number of benzene rings is 1. The fraction of sp³-hybridized carbons (Fsp3) is 0.214. The van der Waals surface area contributed by atoms with Gasteiger partial charge in [0, 0.05) is 23.1 Å². The summed E-state index contributed by atoms with van der Waals surface area (Å²) in [4.78, 5) is 4.50. The van der Waals surface area contributed by atoms with E-state index in [1.54, 1.807) is 12.1 Å². The minimum atomic E-state index is -0.244. The Bertz CT molecular complexity index is 540. The van der Waals surface area contributed by atoms with E-state index in [-0.39, 0.29) is 10.6 Å². The molecule has 1 aromatic carbocycles. The third-order valence-corrected chi connectivity index (χ3v) is 4.13. The summed E-state index contributed by atoms with van der Waals surface area (Å²) >= 11 is 6.81. The Morgan fingerprint density at radius 2 is 2.06 bits per heavy atom. The molecule has 18 heavy (non-hydrogen) atoms. The summed E-state index contributed by atoms with van der Waals surface area (Å²) in [6.07, 6.45) is 2.63. The lowest BCUT2D eigenvalue weighted by Gasteiger charge is -2.10. The molecule has 0 aliphatic rings. The number of hydrogen-bond acceptors (Lipinski definition) is 1. The Balaban J connectivity index is 2.13. The fourth-order valence-electron chi connectivity index (χ4n) is 1.63. The van der Waals surface area contributed by atoms with Crippen molar-refractivity contribution in [2.75, 3.05) is 0 Å². The van der Waals surface area contributed by atoms with Crippen LogP contribution in [0.15, 0.2) is 41.0 Å². The normalized spacial score (nSPS) is 12.4. The molecular weight excluding hydrogens is 361 g/mol. The summed E-state index contributed by atoms with van der Waals surface area (Å²) < 4.78 is 13.6. The molecule has 0 saturated heterocycles. The van der Waals surface area contributed by atoms with Crippen LogP contribution in [0.5, 0.6) is 0 Å². The standard InChI is InChI=1S/C14H12Br2FN/c1-9-2-4-11(18-8-9)7-12(15)10-3-5-14(17)13(16)6-10/h2-6,8,12H,7H2,1H3. The van der Waals surface area contributed by atoms with Gasteiger partial charge in [-0.25, -0.2) is 4.39 Å². The van der Waals surface area contributed by atoms with Crippen molar-refractivity contribution in [1.82, 2.24) is 4.98 Å². The summed E-state index contributed by atoms with van der Waals surface area (Å²) in [6, 6.07) is 9.11. The molecule has 1 unspecified atom stereocenters. The van der Waals surface area contributed by atoms with Crippen LogP contribution in [-0.4, -0.2) is 4.98 Å². The molecule has 1 nitrogen and oxygen atoms in total. The van der Waals surface area contributed by atoms with Gasteiger partial charge < -0.3 is 0 Å². The first-order valence-electron chi connectivity index (χ1n) is 5.57. The fourth-order valence-corrected chi connectivity index (χ4v) is 2.64. The van der Waals surface area contributed by atoms with E-state index in [0.717, 1.165) is 23.2 Å². The predicted octanol–water partition coefficient (Wildman–Crippen LogP) is 4.97. The first-order valence-corrected chi connectivity index (χ1v) is 7.27. The maximum Gasteiger partial charge on any atom is 0.137 e. The van der Waals surface area contributed by atoms with Gasteiger partial charge >= 0.3 is 0 Å². The van der Waals surface area contributed by atoms with Crippen LogP contribution in [0.1, 0.15) is 21.6 Å². The van der Waals surface area contributed by atoms with Crippen LogP contribution in [-0.2, 0) is 6.42 Å². The van der Waals surface area contributed by atoms with Crippen LogP contribution in [0, 0.1) is 12.7 Å². The van der Waals surface area contributed by atoms with Crippen LogP contribution < -0.4 is 0 Å². The Hall–Kier alpha value is -0.740. The van der Waals surface area contributed by atoms with Crippen molar-refractivity contribution in [3.63, 3.8) is 0 Å². The van der Waals surface area contributed by atoms with Crippen molar-refractivity contribution in [1.29, 1.82) is 0 Å². The van der Waals surface area contributed by atoms with Crippen molar-refractivity contribution < 1.29 is 4.39 Å². The molecule has 2 rings (SSSR count). The monoisotopic (exact) mass is 371 g/mol. The minimum Gasteiger partial charge on any atom is -0.261 e. The lowest BCUT2D eigenvalue weighted by atomic mass is 10.1. The lowest BCUT2D eigenvalue weighted by Crippen LogP contribution is -1.98. The molecule has 2 aromatic rings. The van der Waals surface area contributed by atoms with E-state index < -0.39 is 0 Å². The van der Waals surface area contributed by atoms with Gasteiger partial charge in [0.15, 0.2) is 0 Å². The van der Waals surface area contributed by atoms with Crippen molar-refractivity contribution in [3.05, 3.63) is 63.6 Å². The SMILES string of the molecule is Cc1ccc(CC(Br)c2ccc(F)c(Br)c2)nc1. The number of nitrogens with zero attached hydrogens (tertiary/aromatic N) is 1. The molecule has 0 radical (unpaired) electrons. The lowest BCUT2D eigenvalue weighted by molar-refractivity contribution is 0.620. The topological polar surface area (TPSA) is 12.9 Å². The van der Waals surface area contributed by atoms with Crippen LogP contribution in [0.25, 0.3) is 0 Å². The van der Waals surface area contributed by atoms with E-state index in [2.05, 4.69) is 36.8 Å². The Kier molecular flexibility index (Phi) is 4.51. The van der Waals surface area contributed by atoms with Gasteiger partial charge in [-0.3, -0.25) is 4.98 Å². The van der Waals surface area contributed by atoms with Crippen LogP contribution >= 0.6 is 31.9 Å². The number of halogens is 3. The molecule has 0 spiro atoms. The number of alkyl halides is 1. The van der Waals surface area contributed by atoms with Gasteiger partial charge in [0.1, 0.15) is 5.82 Å². The second-order valence-electron chi connectivity index (χ2n) is 4.17. The summed E-state index contributed by atoms with van der Waals surface area (Å²) in [7, 11) is 0. The van der Waals surface area contributed by atoms with Gasteiger partial charge in [0.25, 0.3) is 0 Å².